The molecule has 0 aromatic heterocycles. The van der Waals surface area contributed by atoms with Crippen LogP contribution in [0.1, 0.15) is 38.3 Å². The third-order valence-electron chi connectivity index (χ3n) is 4.46. The maximum atomic E-state index is 12.3. The lowest BCUT2D eigenvalue weighted by Gasteiger charge is -2.23. The van der Waals surface area contributed by atoms with Gasteiger partial charge in [0.05, 0.1) is 17.5 Å². The molecule has 0 aliphatic carbocycles. The van der Waals surface area contributed by atoms with Gasteiger partial charge in [0.1, 0.15) is 12.2 Å². The molecule has 0 spiro atoms. The molecule has 0 aliphatic heterocycles. The minimum Gasteiger partial charge on any atom is -0.460 e. The molecule has 1 N–H and O–H groups in total. The zero-order valence-electron chi connectivity index (χ0n) is 19.6. The average Bonchev–Trinajstić information content (AvgIpc) is 2.74. The van der Waals surface area contributed by atoms with E-state index < -0.39 is 28.6 Å². The topological polar surface area (TPSA) is 128 Å². The number of nitrogens with one attached hydrogen (secondary N) is 1. The van der Waals surface area contributed by atoms with E-state index in [1.165, 1.54) is 17.0 Å². The van der Waals surface area contributed by atoms with Crippen molar-refractivity contribution >= 4 is 54.6 Å². The number of carbonyl (C=O) groups excluding carboxylic acids is 3. The molecule has 1 aromatic carbocycles. The molecule has 0 saturated carbocycles. The van der Waals surface area contributed by atoms with Gasteiger partial charge in [-0.3, -0.25) is 14.9 Å². The molecule has 0 unspecified atom stereocenters. The van der Waals surface area contributed by atoms with Crippen LogP contribution in [0.15, 0.2) is 18.2 Å². The number of esters is 1. The standard InChI is InChI=1S/C21H30BCl2N3O7/c1-21(2,3)34-19(29)12-17(25-22-14-28)11-16-10-15(4-5-18(16)27(31)32)13-33-20(30)26(8-6-23)9-7-24/h4-5,10,14,17,22,25H,6-9,11-13H2,1-3H3/t17-/m0/s1. The molecule has 1 amide bonds. The molecule has 0 aliphatic rings. The van der Waals surface area contributed by atoms with Crippen LogP contribution in [0.25, 0.3) is 0 Å². The summed E-state index contributed by atoms with van der Waals surface area (Å²) in [6.45, 7) is 5.62. The third kappa shape index (κ3) is 11.2. The van der Waals surface area contributed by atoms with E-state index in [2.05, 4.69) is 5.23 Å². The molecule has 1 aromatic rings. The van der Waals surface area contributed by atoms with Crippen LogP contribution in [-0.2, 0) is 32.1 Å². The minimum absolute atomic E-state index is 0.0322. The highest BCUT2D eigenvalue weighted by Crippen LogP contribution is 2.23. The van der Waals surface area contributed by atoms with E-state index in [1.54, 1.807) is 26.8 Å². The smallest absolute Gasteiger partial charge is 0.410 e. The van der Waals surface area contributed by atoms with Crippen molar-refractivity contribution < 1.29 is 28.8 Å². The quantitative estimate of drug-likeness (QED) is 0.0995. The molecular weight excluding hydrogens is 488 g/mol. The van der Waals surface area contributed by atoms with Crippen molar-refractivity contribution in [2.75, 3.05) is 24.8 Å². The molecule has 0 heterocycles. The molecule has 0 fully saturated rings. The molecule has 1 rings (SSSR count). The number of amides is 1. The largest absolute Gasteiger partial charge is 0.460 e. The van der Waals surface area contributed by atoms with E-state index in [4.69, 9.17) is 32.7 Å². The van der Waals surface area contributed by atoms with E-state index in [0.717, 1.165) is 0 Å². The Labute approximate surface area is 209 Å². The van der Waals surface area contributed by atoms with Gasteiger partial charge in [0.15, 0.2) is 0 Å². The van der Waals surface area contributed by atoms with Crippen molar-refractivity contribution in [3.8, 4) is 0 Å². The van der Waals surface area contributed by atoms with Crippen LogP contribution in [0, 0.1) is 10.1 Å². The second-order valence-corrected chi connectivity index (χ2v) is 9.16. The first-order valence-electron chi connectivity index (χ1n) is 10.7. The number of nitro benzene ring substituents is 1. The van der Waals surface area contributed by atoms with Crippen LogP contribution in [0.3, 0.4) is 0 Å². The predicted molar refractivity (Wildman–Crippen MR) is 131 cm³/mol. The van der Waals surface area contributed by atoms with Crippen molar-refractivity contribution in [3.63, 3.8) is 0 Å². The van der Waals surface area contributed by atoms with Gasteiger partial charge in [0.2, 0.25) is 0 Å². The van der Waals surface area contributed by atoms with Crippen molar-refractivity contribution in [3.05, 3.63) is 39.4 Å². The predicted octanol–water partition coefficient (Wildman–Crippen LogP) is 2.79. The summed E-state index contributed by atoms with van der Waals surface area (Å²) in [7, 11) is -0.0322. The van der Waals surface area contributed by atoms with Crippen LogP contribution in [0.5, 0.6) is 0 Å². The van der Waals surface area contributed by atoms with Gasteiger partial charge in [-0.05, 0) is 44.9 Å². The Balaban J connectivity index is 3.03. The Morgan fingerprint density at radius 1 is 1.26 bits per heavy atom. The molecular formula is C21H30BCl2N3O7. The summed E-state index contributed by atoms with van der Waals surface area (Å²) < 4.78 is 10.6. The Hall–Kier alpha value is -2.37. The molecule has 34 heavy (non-hydrogen) atoms. The molecule has 1 atom stereocenters. The van der Waals surface area contributed by atoms with E-state index in [-0.39, 0.29) is 57.4 Å². The van der Waals surface area contributed by atoms with Crippen molar-refractivity contribution in [1.82, 2.24) is 10.1 Å². The number of carbonyl (C=O) groups is 3. The zero-order chi connectivity index (χ0) is 25.7. The lowest BCUT2D eigenvalue weighted by molar-refractivity contribution is -0.385. The van der Waals surface area contributed by atoms with Gasteiger partial charge < -0.3 is 24.4 Å². The van der Waals surface area contributed by atoms with Crippen LogP contribution >= 0.6 is 23.2 Å². The lowest BCUT2D eigenvalue weighted by atomic mass is 9.92. The highest BCUT2D eigenvalue weighted by molar-refractivity contribution is 6.64. The van der Waals surface area contributed by atoms with Gasteiger partial charge in [0, 0.05) is 42.5 Å². The van der Waals surface area contributed by atoms with Gasteiger partial charge in [-0.2, -0.15) is 0 Å². The summed E-state index contributed by atoms with van der Waals surface area (Å²) in [4.78, 5) is 47.8. The number of alkyl halides is 2. The van der Waals surface area contributed by atoms with Crippen LogP contribution < -0.4 is 5.23 Å². The van der Waals surface area contributed by atoms with Crippen molar-refractivity contribution in [2.24, 2.45) is 0 Å². The number of rotatable bonds is 14. The van der Waals surface area contributed by atoms with E-state index in [0.29, 0.717) is 17.3 Å². The van der Waals surface area contributed by atoms with Gasteiger partial charge in [-0.15, -0.1) is 23.2 Å². The number of nitrogens with zero attached hydrogens (tertiary/aromatic N) is 2. The van der Waals surface area contributed by atoms with Gasteiger partial charge >= 0.3 is 12.1 Å². The maximum absolute atomic E-state index is 12.3. The lowest BCUT2D eigenvalue weighted by Crippen LogP contribution is -2.38. The number of benzene rings is 1. The highest BCUT2D eigenvalue weighted by atomic mass is 35.5. The Morgan fingerprint density at radius 2 is 1.91 bits per heavy atom. The third-order valence-corrected chi connectivity index (χ3v) is 4.80. The fourth-order valence-electron chi connectivity index (χ4n) is 3.09. The summed E-state index contributed by atoms with van der Waals surface area (Å²) in [5.74, 6) is -0.0524. The Bertz CT molecular complexity index is 846. The molecule has 0 radical (unpaired) electrons. The second-order valence-electron chi connectivity index (χ2n) is 8.41. The number of nitro groups is 1. The summed E-state index contributed by atoms with van der Waals surface area (Å²) in [5.41, 5.74) is 0.00658. The van der Waals surface area contributed by atoms with E-state index >= 15 is 0 Å². The molecule has 0 saturated heterocycles. The van der Waals surface area contributed by atoms with Gasteiger partial charge in [-0.1, -0.05) is 0 Å². The summed E-state index contributed by atoms with van der Waals surface area (Å²) in [6.07, 6.45) is 0.0276. The number of hydrogen-bond donors (Lipinski definition) is 1. The van der Waals surface area contributed by atoms with Crippen molar-refractivity contribution in [2.45, 2.75) is 51.9 Å². The SMILES string of the molecule is CC(C)(C)OC(=O)C[C@H](Cc1cc(COC(=O)N(CCCl)CCCl)ccc1[N+](=O)[O-])NBC=O. The first kappa shape index (κ1) is 29.7. The molecule has 10 nitrogen and oxygen atoms in total. The first-order chi connectivity index (χ1) is 16.0. The molecule has 188 valence electrons. The first-order valence-corrected chi connectivity index (χ1v) is 11.8. The number of halogens is 2. The Morgan fingerprint density at radius 3 is 2.44 bits per heavy atom. The highest BCUT2D eigenvalue weighted by Gasteiger charge is 2.24. The number of hydrogen-bond acceptors (Lipinski definition) is 8. The fourth-order valence-corrected chi connectivity index (χ4v) is 3.49. The van der Waals surface area contributed by atoms with Crippen molar-refractivity contribution in [1.29, 1.82) is 0 Å². The fraction of sp³-hybridized carbons (Fsp3) is 0.571. The maximum Gasteiger partial charge on any atom is 0.410 e. The molecule has 0 bridgehead atoms. The van der Waals surface area contributed by atoms with E-state index in [1.807, 2.05) is 0 Å². The summed E-state index contributed by atoms with van der Waals surface area (Å²) >= 11 is 11.4. The van der Waals surface area contributed by atoms with Gasteiger partial charge in [0.25, 0.3) is 13.1 Å². The van der Waals surface area contributed by atoms with Crippen LogP contribution in [-0.4, -0.2) is 72.0 Å². The normalized spacial score (nSPS) is 11.9. The van der Waals surface area contributed by atoms with Crippen LogP contribution in [0.2, 0.25) is 0 Å². The van der Waals surface area contributed by atoms with Gasteiger partial charge in [-0.25, -0.2) is 4.79 Å². The number of ether oxygens (including phenoxy) is 2. The monoisotopic (exact) mass is 517 g/mol. The average molecular weight is 518 g/mol. The second kappa shape index (κ2) is 14.8. The summed E-state index contributed by atoms with van der Waals surface area (Å²) in [5, 5.41) is 14.5. The Kier molecular flexibility index (Phi) is 12.9. The van der Waals surface area contributed by atoms with E-state index in [9.17, 15) is 24.5 Å². The minimum atomic E-state index is -0.692. The molecule has 13 heteroatoms. The van der Waals surface area contributed by atoms with Crippen LogP contribution in [0.4, 0.5) is 10.5 Å². The summed E-state index contributed by atoms with van der Waals surface area (Å²) in [6, 6.07) is 3.77. The zero-order valence-corrected chi connectivity index (χ0v) is 21.1.